The maximum Gasteiger partial charge on any atom is 0.401 e. The van der Waals surface area contributed by atoms with Crippen LogP contribution in [0, 0.1) is 0 Å². The van der Waals surface area contributed by atoms with Gasteiger partial charge in [-0.25, -0.2) is 0 Å². The quantitative estimate of drug-likeness (QED) is 0.726. The van der Waals surface area contributed by atoms with Gasteiger partial charge in [0.1, 0.15) is 0 Å². The maximum absolute atomic E-state index is 12.5. The second kappa shape index (κ2) is 6.75. The Hall–Kier alpha value is -0.290. The molecule has 0 amide bonds. The largest absolute Gasteiger partial charge is 0.401 e. The zero-order valence-electron chi connectivity index (χ0n) is 11.6. The van der Waals surface area contributed by atoms with Gasteiger partial charge in [-0.2, -0.15) is 13.2 Å². The Morgan fingerprint density at radius 2 is 1.89 bits per heavy atom. The Bertz CT molecular complexity index is 239. The predicted molar refractivity (Wildman–Crippen MR) is 67.6 cm³/mol. The van der Waals surface area contributed by atoms with Crippen molar-refractivity contribution in [1.29, 1.82) is 0 Å². The minimum Gasteiger partial charge on any atom is -0.314 e. The molecule has 1 aliphatic carbocycles. The van der Waals surface area contributed by atoms with Gasteiger partial charge in [0.25, 0.3) is 0 Å². The van der Waals surface area contributed by atoms with Crippen molar-refractivity contribution in [2.75, 3.05) is 13.1 Å². The van der Waals surface area contributed by atoms with Gasteiger partial charge >= 0.3 is 6.18 Å². The molecule has 1 aliphatic rings. The van der Waals surface area contributed by atoms with Crippen LogP contribution in [0.1, 0.15) is 46.5 Å². The van der Waals surface area contributed by atoms with Crippen LogP contribution >= 0.6 is 0 Å². The molecule has 2 atom stereocenters. The molecule has 5 heteroatoms. The van der Waals surface area contributed by atoms with E-state index in [4.69, 9.17) is 0 Å². The van der Waals surface area contributed by atoms with Crippen LogP contribution in [0.2, 0.25) is 0 Å². The molecule has 0 bridgehead atoms. The summed E-state index contributed by atoms with van der Waals surface area (Å²) in [5.74, 6) is 0. The molecular weight excluding hydrogens is 241 g/mol. The number of halogens is 3. The van der Waals surface area contributed by atoms with Gasteiger partial charge in [-0.05, 0) is 46.1 Å². The molecule has 108 valence electrons. The molecule has 18 heavy (non-hydrogen) atoms. The van der Waals surface area contributed by atoms with E-state index in [-0.39, 0.29) is 18.1 Å². The zero-order chi connectivity index (χ0) is 13.8. The van der Waals surface area contributed by atoms with E-state index >= 15 is 0 Å². The number of rotatable bonds is 8. The molecule has 0 spiro atoms. The predicted octanol–water partition coefficient (Wildman–Crippen LogP) is 3.18. The number of alkyl halides is 3. The highest BCUT2D eigenvalue weighted by molar-refractivity contribution is 4.89. The third-order valence-corrected chi connectivity index (χ3v) is 3.38. The van der Waals surface area contributed by atoms with Crippen LogP contribution in [-0.4, -0.2) is 42.3 Å². The van der Waals surface area contributed by atoms with Crippen molar-refractivity contribution in [3.63, 3.8) is 0 Å². The molecule has 0 aliphatic heterocycles. The number of nitrogens with one attached hydrogen (secondary N) is 1. The Balaban J connectivity index is 2.42. The van der Waals surface area contributed by atoms with E-state index in [0.717, 1.165) is 32.2 Å². The molecule has 1 rings (SSSR count). The Morgan fingerprint density at radius 1 is 1.28 bits per heavy atom. The van der Waals surface area contributed by atoms with Gasteiger partial charge in [0.2, 0.25) is 0 Å². The van der Waals surface area contributed by atoms with Crippen LogP contribution in [0.4, 0.5) is 13.2 Å². The molecule has 0 aromatic heterocycles. The van der Waals surface area contributed by atoms with Crippen molar-refractivity contribution < 1.29 is 13.2 Å². The summed E-state index contributed by atoms with van der Waals surface area (Å²) in [7, 11) is 0. The van der Waals surface area contributed by atoms with Crippen LogP contribution in [-0.2, 0) is 0 Å². The molecule has 2 nitrogen and oxygen atoms in total. The van der Waals surface area contributed by atoms with Gasteiger partial charge in [0, 0.05) is 18.1 Å². The summed E-state index contributed by atoms with van der Waals surface area (Å²) in [6.07, 6.45) is -0.439. The van der Waals surface area contributed by atoms with Gasteiger partial charge in [-0.1, -0.05) is 6.92 Å². The fraction of sp³-hybridized carbons (Fsp3) is 1.00. The first-order valence-corrected chi connectivity index (χ1v) is 6.89. The van der Waals surface area contributed by atoms with Crippen molar-refractivity contribution >= 4 is 0 Å². The van der Waals surface area contributed by atoms with Crippen molar-refractivity contribution in [1.82, 2.24) is 10.2 Å². The van der Waals surface area contributed by atoms with Crippen LogP contribution in [0.15, 0.2) is 0 Å². The Kier molecular flexibility index (Phi) is 5.92. The van der Waals surface area contributed by atoms with Crippen molar-refractivity contribution in [2.24, 2.45) is 0 Å². The van der Waals surface area contributed by atoms with E-state index in [1.165, 1.54) is 0 Å². The third kappa shape index (κ3) is 6.05. The summed E-state index contributed by atoms with van der Waals surface area (Å²) < 4.78 is 37.6. The second-order valence-corrected chi connectivity index (χ2v) is 5.46. The molecule has 1 N–H and O–H groups in total. The molecule has 0 aromatic rings. The monoisotopic (exact) mass is 266 g/mol. The molecule has 0 radical (unpaired) electrons. The minimum absolute atomic E-state index is 0.0153. The van der Waals surface area contributed by atoms with Crippen LogP contribution < -0.4 is 5.32 Å². The zero-order valence-corrected chi connectivity index (χ0v) is 11.6. The molecule has 0 saturated heterocycles. The van der Waals surface area contributed by atoms with E-state index in [2.05, 4.69) is 12.2 Å². The second-order valence-electron chi connectivity index (χ2n) is 5.46. The van der Waals surface area contributed by atoms with Gasteiger partial charge in [-0.15, -0.1) is 0 Å². The van der Waals surface area contributed by atoms with Crippen molar-refractivity contribution in [2.45, 2.75) is 70.8 Å². The summed E-state index contributed by atoms with van der Waals surface area (Å²) in [6, 6.07) is 0.410. The fourth-order valence-corrected chi connectivity index (χ4v) is 2.38. The number of hydrogen-bond donors (Lipinski definition) is 1. The average Bonchev–Trinajstić information content (AvgIpc) is 3.05. The summed E-state index contributed by atoms with van der Waals surface area (Å²) in [5.41, 5.74) is 0. The number of nitrogens with zero attached hydrogens (tertiary/aromatic N) is 1. The summed E-state index contributed by atoms with van der Waals surface area (Å²) in [5, 5.41) is 3.33. The Morgan fingerprint density at radius 3 is 2.33 bits per heavy atom. The van der Waals surface area contributed by atoms with Crippen LogP contribution in [0.5, 0.6) is 0 Å². The summed E-state index contributed by atoms with van der Waals surface area (Å²) >= 11 is 0. The highest BCUT2D eigenvalue weighted by Gasteiger charge is 2.40. The van der Waals surface area contributed by atoms with Gasteiger partial charge in [0.15, 0.2) is 0 Å². The Labute approximate surface area is 108 Å². The lowest BCUT2D eigenvalue weighted by molar-refractivity contribution is -0.152. The molecular formula is C13H25F3N2. The van der Waals surface area contributed by atoms with E-state index < -0.39 is 12.7 Å². The smallest absolute Gasteiger partial charge is 0.314 e. The van der Waals surface area contributed by atoms with Crippen LogP contribution in [0.25, 0.3) is 0 Å². The molecule has 2 unspecified atom stereocenters. The maximum atomic E-state index is 12.5. The molecule has 1 saturated carbocycles. The summed E-state index contributed by atoms with van der Waals surface area (Å²) in [6.45, 7) is 6.21. The lowest BCUT2D eigenvalue weighted by Crippen LogP contribution is -2.44. The van der Waals surface area contributed by atoms with Gasteiger partial charge < -0.3 is 5.32 Å². The average molecular weight is 266 g/mol. The normalized spacial score (nSPS) is 20.2. The van der Waals surface area contributed by atoms with E-state index in [1.807, 2.05) is 13.8 Å². The molecule has 0 aromatic carbocycles. The lowest BCUT2D eigenvalue weighted by atomic mass is 10.1. The molecule has 1 fully saturated rings. The minimum atomic E-state index is -4.09. The highest BCUT2D eigenvalue weighted by atomic mass is 19.4. The first-order valence-electron chi connectivity index (χ1n) is 6.89. The molecule has 0 heterocycles. The SMILES string of the molecule is CCCNC(C)CC(C)N(CC(F)(F)F)C1CC1. The van der Waals surface area contributed by atoms with E-state index in [9.17, 15) is 13.2 Å². The topological polar surface area (TPSA) is 15.3 Å². The van der Waals surface area contributed by atoms with Crippen molar-refractivity contribution in [3.05, 3.63) is 0 Å². The van der Waals surface area contributed by atoms with E-state index in [0.29, 0.717) is 0 Å². The van der Waals surface area contributed by atoms with E-state index in [1.54, 1.807) is 4.90 Å². The van der Waals surface area contributed by atoms with Gasteiger partial charge in [-0.3, -0.25) is 4.90 Å². The van der Waals surface area contributed by atoms with Gasteiger partial charge in [0.05, 0.1) is 6.54 Å². The highest BCUT2D eigenvalue weighted by Crippen LogP contribution is 2.32. The lowest BCUT2D eigenvalue weighted by Gasteiger charge is -2.31. The van der Waals surface area contributed by atoms with Crippen LogP contribution in [0.3, 0.4) is 0 Å². The fourth-order valence-electron chi connectivity index (χ4n) is 2.38. The first kappa shape index (κ1) is 15.8. The summed E-state index contributed by atoms with van der Waals surface area (Å²) in [4.78, 5) is 1.63. The van der Waals surface area contributed by atoms with Crippen molar-refractivity contribution in [3.8, 4) is 0 Å². The number of hydrogen-bond acceptors (Lipinski definition) is 2. The third-order valence-electron chi connectivity index (χ3n) is 3.38. The standard InChI is InChI=1S/C13H25F3N2/c1-4-7-17-10(2)8-11(3)18(12-5-6-12)9-13(14,15)16/h10-12,17H,4-9H2,1-3H3. The first-order chi connectivity index (χ1) is 8.33.